The normalized spacial score (nSPS) is 11.2. The molecule has 1 heterocycles. The molecule has 3 aromatic carbocycles. The SMILES string of the molecule is COc1ccc(C#CC(=O)N[C@H](Cc2ccc(-c3noc(-c4ccc(C)cc4)n3)c(F)c2)C(=O)O)cc1. The highest BCUT2D eigenvalue weighted by Crippen LogP contribution is 2.25. The number of halogens is 1. The number of benzene rings is 3. The zero-order valence-electron chi connectivity index (χ0n) is 20.0. The number of ether oxygens (including phenoxy) is 1. The van der Waals surface area contributed by atoms with Crippen molar-refractivity contribution in [2.24, 2.45) is 0 Å². The summed E-state index contributed by atoms with van der Waals surface area (Å²) >= 11 is 0. The van der Waals surface area contributed by atoms with Crippen molar-refractivity contribution in [3.05, 3.63) is 89.2 Å². The van der Waals surface area contributed by atoms with Gasteiger partial charge in [0.1, 0.15) is 17.6 Å². The van der Waals surface area contributed by atoms with Crippen LogP contribution in [0.25, 0.3) is 22.8 Å². The molecule has 1 amide bonds. The van der Waals surface area contributed by atoms with Gasteiger partial charge in [0.05, 0.1) is 12.7 Å². The first-order chi connectivity index (χ1) is 17.8. The maximum absolute atomic E-state index is 14.9. The van der Waals surface area contributed by atoms with Gasteiger partial charge in [-0.2, -0.15) is 4.98 Å². The van der Waals surface area contributed by atoms with Crippen molar-refractivity contribution in [1.29, 1.82) is 0 Å². The molecule has 37 heavy (non-hydrogen) atoms. The first-order valence-electron chi connectivity index (χ1n) is 11.2. The van der Waals surface area contributed by atoms with Gasteiger partial charge >= 0.3 is 5.97 Å². The van der Waals surface area contributed by atoms with Crippen LogP contribution in [0.15, 0.2) is 71.3 Å². The minimum Gasteiger partial charge on any atom is -0.497 e. The lowest BCUT2D eigenvalue weighted by Gasteiger charge is -2.13. The van der Waals surface area contributed by atoms with Crippen LogP contribution in [-0.2, 0) is 16.0 Å². The molecule has 1 atom stereocenters. The minimum absolute atomic E-state index is 0.0662. The van der Waals surface area contributed by atoms with Gasteiger partial charge in [-0.25, -0.2) is 9.18 Å². The van der Waals surface area contributed by atoms with Gasteiger partial charge in [0.2, 0.25) is 5.82 Å². The number of carbonyl (C=O) groups is 2. The van der Waals surface area contributed by atoms with Gasteiger partial charge in [-0.15, -0.1) is 0 Å². The predicted molar refractivity (Wildman–Crippen MR) is 133 cm³/mol. The maximum atomic E-state index is 14.9. The highest BCUT2D eigenvalue weighted by atomic mass is 19.1. The Morgan fingerprint density at radius 2 is 1.84 bits per heavy atom. The fraction of sp³-hybridized carbons (Fsp3) is 0.143. The summed E-state index contributed by atoms with van der Waals surface area (Å²) in [5.74, 6) is 3.30. The van der Waals surface area contributed by atoms with Crippen LogP contribution >= 0.6 is 0 Å². The lowest BCUT2D eigenvalue weighted by molar-refractivity contribution is -0.141. The number of aromatic nitrogens is 2. The summed E-state index contributed by atoms with van der Waals surface area (Å²) < 4.78 is 25.2. The number of aryl methyl sites for hydroxylation is 1. The summed E-state index contributed by atoms with van der Waals surface area (Å²) in [6, 6.07) is 17.1. The third-order valence-corrected chi connectivity index (χ3v) is 5.45. The van der Waals surface area contributed by atoms with Crippen molar-refractivity contribution >= 4 is 11.9 Å². The van der Waals surface area contributed by atoms with E-state index in [1.54, 1.807) is 30.3 Å². The molecule has 8 nitrogen and oxygen atoms in total. The third-order valence-electron chi connectivity index (χ3n) is 5.45. The Labute approximate surface area is 212 Å². The number of nitrogens with zero attached hydrogens (tertiary/aromatic N) is 2. The second-order valence-corrected chi connectivity index (χ2v) is 8.15. The van der Waals surface area contributed by atoms with Crippen LogP contribution in [0.3, 0.4) is 0 Å². The largest absolute Gasteiger partial charge is 0.497 e. The zero-order valence-corrected chi connectivity index (χ0v) is 20.0. The molecule has 186 valence electrons. The van der Waals surface area contributed by atoms with Crippen LogP contribution < -0.4 is 10.1 Å². The van der Waals surface area contributed by atoms with Gasteiger partial charge in [0, 0.05) is 23.5 Å². The number of carbonyl (C=O) groups excluding carboxylic acids is 1. The van der Waals surface area contributed by atoms with Crippen LogP contribution in [-0.4, -0.2) is 40.3 Å². The highest BCUT2D eigenvalue weighted by Gasteiger charge is 2.21. The van der Waals surface area contributed by atoms with E-state index in [1.807, 2.05) is 31.2 Å². The highest BCUT2D eigenvalue weighted by molar-refractivity contribution is 5.96. The monoisotopic (exact) mass is 499 g/mol. The standard InChI is InChI=1S/C28H22FN3O5/c1-17-3-9-20(10-4-17)27-31-26(32-37-27)22-13-7-19(15-23(22)29)16-24(28(34)35)30-25(33)14-8-18-5-11-21(36-2)12-6-18/h3-7,9-13,15,24H,16H2,1-2H3,(H,30,33)(H,34,35)/t24-/m1/s1. The van der Waals surface area contributed by atoms with Crippen LogP contribution in [0.1, 0.15) is 16.7 Å². The van der Waals surface area contributed by atoms with E-state index in [4.69, 9.17) is 9.26 Å². The van der Waals surface area contributed by atoms with E-state index in [-0.39, 0.29) is 23.7 Å². The van der Waals surface area contributed by atoms with Gasteiger partial charge in [-0.3, -0.25) is 4.79 Å². The maximum Gasteiger partial charge on any atom is 0.326 e. The van der Waals surface area contributed by atoms with Crippen LogP contribution in [0.5, 0.6) is 5.75 Å². The number of amides is 1. The van der Waals surface area contributed by atoms with Crippen molar-refractivity contribution in [2.45, 2.75) is 19.4 Å². The molecule has 0 saturated carbocycles. The van der Waals surface area contributed by atoms with Gasteiger partial charge in [0.25, 0.3) is 11.8 Å². The Bertz CT molecular complexity index is 1480. The smallest absolute Gasteiger partial charge is 0.326 e. The molecular formula is C28H22FN3O5. The second-order valence-electron chi connectivity index (χ2n) is 8.15. The first kappa shape index (κ1) is 25.1. The average Bonchev–Trinajstić information content (AvgIpc) is 3.38. The average molecular weight is 499 g/mol. The minimum atomic E-state index is -1.30. The molecule has 4 rings (SSSR count). The third kappa shape index (κ3) is 6.38. The molecule has 0 aliphatic carbocycles. The fourth-order valence-corrected chi connectivity index (χ4v) is 3.45. The molecule has 0 fully saturated rings. The molecule has 0 unspecified atom stereocenters. The van der Waals surface area contributed by atoms with E-state index in [2.05, 4.69) is 27.3 Å². The van der Waals surface area contributed by atoms with Gasteiger partial charge in [-0.1, -0.05) is 34.8 Å². The zero-order chi connectivity index (χ0) is 26.4. The summed E-state index contributed by atoms with van der Waals surface area (Å²) in [4.78, 5) is 28.2. The summed E-state index contributed by atoms with van der Waals surface area (Å²) in [5, 5.41) is 15.8. The lowest BCUT2D eigenvalue weighted by Crippen LogP contribution is -2.41. The Morgan fingerprint density at radius 1 is 1.11 bits per heavy atom. The summed E-state index contributed by atoms with van der Waals surface area (Å²) in [6.45, 7) is 1.95. The number of carboxylic acid groups (broad SMARTS) is 1. The van der Waals surface area contributed by atoms with Crippen LogP contribution in [0.4, 0.5) is 4.39 Å². The van der Waals surface area contributed by atoms with Crippen molar-refractivity contribution in [1.82, 2.24) is 15.5 Å². The molecule has 1 aromatic heterocycles. The fourth-order valence-electron chi connectivity index (χ4n) is 3.45. The Morgan fingerprint density at radius 3 is 2.49 bits per heavy atom. The molecule has 0 saturated heterocycles. The Kier molecular flexibility index (Phi) is 7.59. The van der Waals surface area contributed by atoms with Crippen molar-refractivity contribution < 1.29 is 28.3 Å². The van der Waals surface area contributed by atoms with Gasteiger partial charge in [0.15, 0.2) is 0 Å². The quantitative estimate of drug-likeness (QED) is 0.369. The number of rotatable bonds is 7. The summed E-state index contributed by atoms with van der Waals surface area (Å²) in [5.41, 5.74) is 2.81. The molecule has 2 N–H and O–H groups in total. The molecule has 0 spiro atoms. The van der Waals surface area contributed by atoms with Crippen molar-refractivity contribution in [3.8, 4) is 40.4 Å². The van der Waals surface area contributed by atoms with Crippen molar-refractivity contribution in [3.63, 3.8) is 0 Å². The number of methoxy groups -OCH3 is 1. The van der Waals surface area contributed by atoms with Gasteiger partial charge < -0.3 is 19.7 Å². The number of hydrogen-bond donors (Lipinski definition) is 2. The van der Waals surface area contributed by atoms with E-state index in [0.29, 0.717) is 22.4 Å². The molecular weight excluding hydrogens is 477 g/mol. The summed E-state index contributed by atoms with van der Waals surface area (Å²) in [6.07, 6.45) is -0.149. The Hall–Kier alpha value is -4.97. The second kappa shape index (κ2) is 11.2. The topological polar surface area (TPSA) is 115 Å². The number of hydrogen-bond acceptors (Lipinski definition) is 6. The number of carboxylic acids is 1. The van der Waals surface area contributed by atoms with Gasteiger partial charge in [-0.05, 0) is 61.0 Å². The molecule has 0 radical (unpaired) electrons. The van der Waals surface area contributed by atoms with E-state index in [0.717, 1.165) is 5.56 Å². The van der Waals surface area contributed by atoms with E-state index < -0.39 is 23.7 Å². The first-order valence-corrected chi connectivity index (χ1v) is 11.2. The van der Waals surface area contributed by atoms with E-state index >= 15 is 0 Å². The molecule has 0 aliphatic rings. The van der Waals surface area contributed by atoms with Crippen molar-refractivity contribution in [2.75, 3.05) is 7.11 Å². The number of nitrogens with one attached hydrogen (secondary N) is 1. The predicted octanol–water partition coefficient (Wildman–Crippen LogP) is 4.02. The van der Waals surface area contributed by atoms with Crippen LogP contribution in [0.2, 0.25) is 0 Å². The van der Waals surface area contributed by atoms with Crippen LogP contribution in [0, 0.1) is 24.6 Å². The molecule has 9 heteroatoms. The lowest BCUT2D eigenvalue weighted by atomic mass is 10.0. The molecule has 4 aromatic rings. The number of aliphatic carboxylic acids is 1. The van der Waals surface area contributed by atoms with E-state index in [1.165, 1.54) is 19.2 Å². The van der Waals surface area contributed by atoms with E-state index in [9.17, 15) is 19.1 Å². The summed E-state index contributed by atoms with van der Waals surface area (Å²) in [7, 11) is 1.53. The molecule has 0 bridgehead atoms. The molecule has 0 aliphatic heterocycles. The Balaban J connectivity index is 1.44.